The van der Waals surface area contributed by atoms with E-state index in [0.29, 0.717) is 18.2 Å². The minimum atomic E-state index is -0.573. The lowest BCUT2D eigenvalue weighted by atomic mass is 10.2. The van der Waals surface area contributed by atoms with Crippen molar-refractivity contribution >= 4 is 5.97 Å². The van der Waals surface area contributed by atoms with E-state index >= 15 is 0 Å². The molecule has 21 heavy (non-hydrogen) atoms. The summed E-state index contributed by atoms with van der Waals surface area (Å²) >= 11 is 0. The highest BCUT2D eigenvalue weighted by molar-refractivity contribution is 5.89. The Morgan fingerprint density at radius 1 is 1.33 bits per heavy atom. The molecule has 0 unspecified atom stereocenters. The largest absolute Gasteiger partial charge is 0.444 e. The Hall–Kier alpha value is -2.89. The number of hydrogen-bond acceptors (Lipinski definition) is 5. The van der Waals surface area contributed by atoms with Crippen molar-refractivity contribution in [3.63, 3.8) is 0 Å². The maximum atomic E-state index is 12.0. The van der Waals surface area contributed by atoms with Gasteiger partial charge in [-0.25, -0.2) is 9.78 Å². The van der Waals surface area contributed by atoms with Crippen molar-refractivity contribution < 1.29 is 13.9 Å². The molecule has 0 saturated heterocycles. The van der Waals surface area contributed by atoms with E-state index in [1.54, 1.807) is 10.9 Å². The third kappa shape index (κ3) is 2.84. The van der Waals surface area contributed by atoms with Crippen LogP contribution in [0.3, 0.4) is 0 Å². The third-order valence-electron chi connectivity index (χ3n) is 2.88. The summed E-state index contributed by atoms with van der Waals surface area (Å²) < 4.78 is 12.2. The van der Waals surface area contributed by atoms with Gasteiger partial charge in [0.05, 0.1) is 12.4 Å². The molecular weight excluding hydrogens is 270 g/mol. The lowest BCUT2D eigenvalue weighted by Crippen LogP contribution is -2.08. The zero-order chi connectivity index (χ0) is 14.7. The topological polar surface area (TPSA) is 70.2 Å². The van der Waals surface area contributed by atoms with Crippen molar-refractivity contribution in [1.82, 2.24) is 14.8 Å². The van der Waals surface area contributed by atoms with Crippen LogP contribution in [0.25, 0.3) is 11.5 Å². The molecule has 1 aromatic carbocycles. The molecule has 6 heteroatoms. The van der Waals surface area contributed by atoms with Gasteiger partial charge in [-0.3, -0.25) is 4.68 Å². The molecule has 3 aromatic rings. The molecule has 3 rings (SSSR count). The van der Waals surface area contributed by atoms with E-state index in [1.165, 1.54) is 12.5 Å². The Morgan fingerprint density at radius 2 is 2.14 bits per heavy atom. The molecule has 0 fully saturated rings. The van der Waals surface area contributed by atoms with Crippen LogP contribution < -0.4 is 4.74 Å². The SMILES string of the molecule is CCn1cc(OC(=O)c2coc(-c3ccccc3)n2)cn1. The van der Waals surface area contributed by atoms with Crippen LogP contribution in [0.4, 0.5) is 0 Å². The summed E-state index contributed by atoms with van der Waals surface area (Å²) in [6, 6.07) is 9.35. The fourth-order valence-electron chi connectivity index (χ4n) is 1.81. The maximum Gasteiger partial charge on any atom is 0.365 e. The van der Waals surface area contributed by atoms with Crippen molar-refractivity contribution in [2.75, 3.05) is 0 Å². The first-order valence-corrected chi connectivity index (χ1v) is 6.52. The van der Waals surface area contributed by atoms with Crippen LogP contribution in [0.15, 0.2) is 53.4 Å². The van der Waals surface area contributed by atoms with Gasteiger partial charge in [0.25, 0.3) is 0 Å². The second-order valence-electron chi connectivity index (χ2n) is 4.33. The van der Waals surface area contributed by atoms with Crippen LogP contribution in [-0.2, 0) is 6.54 Å². The summed E-state index contributed by atoms with van der Waals surface area (Å²) in [7, 11) is 0. The van der Waals surface area contributed by atoms with Gasteiger partial charge in [0, 0.05) is 12.1 Å². The number of carbonyl (C=O) groups is 1. The second-order valence-corrected chi connectivity index (χ2v) is 4.33. The molecule has 106 valence electrons. The van der Waals surface area contributed by atoms with E-state index in [9.17, 15) is 4.79 Å². The van der Waals surface area contributed by atoms with Crippen molar-refractivity contribution in [3.05, 3.63) is 54.7 Å². The van der Waals surface area contributed by atoms with Crippen LogP contribution in [0.1, 0.15) is 17.4 Å². The van der Waals surface area contributed by atoms with Crippen LogP contribution in [0, 0.1) is 0 Å². The highest BCUT2D eigenvalue weighted by atomic mass is 16.5. The molecular formula is C15H13N3O3. The number of oxazole rings is 1. The average molecular weight is 283 g/mol. The van der Waals surface area contributed by atoms with E-state index in [2.05, 4.69) is 10.1 Å². The Morgan fingerprint density at radius 3 is 2.86 bits per heavy atom. The summed E-state index contributed by atoms with van der Waals surface area (Å²) in [4.78, 5) is 16.1. The van der Waals surface area contributed by atoms with Crippen LogP contribution in [0.5, 0.6) is 5.75 Å². The molecule has 0 atom stereocenters. The van der Waals surface area contributed by atoms with Crippen molar-refractivity contribution in [3.8, 4) is 17.2 Å². The van der Waals surface area contributed by atoms with E-state index in [4.69, 9.17) is 9.15 Å². The van der Waals surface area contributed by atoms with Gasteiger partial charge in [0.2, 0.25) is 5.89 Å². The Balaban J connectivity index is 1.75. The Kier molecular flexibility index (Phi) is 3.51. The van der Waals surface area contributed by atoms with Crippen molar-refractivity contribution in [2.24, 2.45) is 0 Å². The predicted molar refractivity (Wildman–Crippen MR) is 74.8 cm³/mol. The van der Waals surface area contributed by atoms with Crippen LogP contribution >= 0.6 is 0 Å². The maximum absolute atomic E-state index is 12.0. The summed E-state index contributed by atoms with van der Waals surface area (Å²) in [5.41, 5.74) is 0.924. The van der Waals surface area contributed by atoms with E-state index in [0.717, 1.165) is 5.56 Å². The zero-order valence-corrected chi connectivity index (χ0v) is 11.4. The van der Waals surface area contributed by atoms with Gasteiger partial charge in [-0.1, -0.05) is 18.2 Å². The van der Waals surface area contributed by atoms with E-state index in [-0.39, 0.29) is 5.69 Å². The highest BCUT2D eigenvalue weighted by Crippen LogP contribution is 2.19. The molecule has 6 nitrogen and oxygen atoms in total. The second kappa shape index (κ2) is 5.62. The number of nitrogens with zero attached hydrogens (tertiary/aromatic N) is 3. The Labute approximate surface area is 121 Å². The van der Waals surface area contributed by atoms with E-state index < -0.39 is 5.97 Å². The van der Waals surface area contributed by atoms with Gasteiger partial charge in [0.15, 0.2) is 11.4 Å². The number of rotatable bonds is 4. The fraction of sp³-hybridized carbons (Fsp3) is 0.133. The lowest BCUT2D eigenvalue weighted by molar-refractivity contribution is 0.0728. The molecule has 0 N–H and O–H groups in total. The van der Waals surface area contributed by atoms with Gasteiger partial charge in [-0.05, 0) is 19.1 Å². The number of esters is 1. The van der Waals surface area contributed by atoms with Gasteiger partial charge in [0.1, 0.15) is 6.26 Å². The smallest absolute Gasteiger partial charge is 0.365 e. The molecule has 0 bridgehead atoms. The summed E-state index contributed by atoms with van der Waals surface area (Å²) in [5, 5.41) is 4.03. The predicted octanol–water partition coefficient (Wildman–Crippen LogP) is 2.78. The quantitative estimate of drug-likeness (QED) is 0.688. The standard InChI is InChI=1S/C15H13N3O3/c1-2-18-9-12(8-16-18)21-15(19)13-10-20-14(17-13)11-6-4-3-5-7-11/h3-10H,2H2,1H3. The van der Waals surface area contributed by atoms with Crippen LogP contribution in [0.2, 0.25) is 0 Å². The molecule has 0 spiro atoms. The normalized spacial score (nSPS) is 10.5. The van der Waals surface area contributed by atoms with Gasteiger partial charge in [-0.15, -0.1) is 0 Å². The number of hydrogen-bond donors (Lipinski definition) is 0. The minimum Gasteiger partial charge on any atom is -0.444 e. The molecule has 2 heterocycles. The zero-order valence-electron chi connectivity index (χ0n) is 11.4. The third-order valence-corrected chi connectivity index (χ3v) is 2.88. The van der Waals surface area contributed by atoms with Gasteiger partial charge in [-0.2, -0.15) is 5.10 Å². The molecule has 0 aliphatic heterocycles. The first-order chi connectivity index (χ1) is 10.3. The van der Waals surface area contributed by atoms with Crippen molar-refractivity contribution in [2.45, 2.75) is 13.5 Å². The molecule has 2 aromatic heterocycles. The van der Waals surface area contributed by atoms with Gasteiger partial charge >= 0.3 is 5.97 Å². The summed E-state index contributed by atoms with van der Waals surface area (Å²) in [6.07, 6.45) is 4.42. The molecule has 0 amide bonds. The fourth-order valence-corrected chi connectivity index (χ4v) is 1.81. The highest BCUT2D eigenvalue weighted by Gasteiger charge is 2.16. The number of ether oxygens (including phenoxy) is 1. The number of aryl methyl sites for hydroxylation is 1. The summed E-state index contributed by atoms with van der Waals surface area (Å²) in [6.45, 7) is 2.65. The number of aromatic nitrogens is 3. The van der Waals surface area contributed by atoms with E-state index in [1.807, 2.05) is 37.3 Å². The lowest BCUT2D eigenvalue weighted by Gasteiger charge is -1.97. The van der Waals surface area contributed by atoms with Crippen LogP contribution in [-0.4, -0.2) is 20.7 Å². The molecule has 0 radical (unpaired) electrons. The molecule has 0 aliphatic carbocycles. The average Bonchev–Trinajstić information content (AvgIpc) is 3.17. The summed E-state index contributed by atoms with van der Waals surface area (Å²) in [5.74, 6) is 0.189. The molecule has 0 saturated carbocycles. The monoisotopic (exact) mass is 283 g/mol. The first-order valence-electron chi connectivity index (χ1n) is 6.52. The number of carbonyl (C=O) groups excluding carboxylic acids is 1. The van der Waals surface area contributed by atoms with Gasteiger partial charge < -0.3 is 9.15 Å². The minimum absolute atomic E-state index is 0.123. The first kappa shape index (κ1) is 13.1. The Bertz CT molecular complexity index is 746. The number of benzene rings is 1. The molecule has 0 aliphatic rings. The van der Waals surface area contributed by atoms with Crippen molar-refractivity contribution in [1.29, 1.82) is 0 Å².